The molecule has 0 aromatic heterocycles. The number of amides is 2. The number of primary amides is 1. The first-order chi connectivity index (χ1) is 11.1. The molecule has 0 spiro atoms. The molecule has 5 heteroatoms. The maximum absolute atomic E-state index is 12.3. The molecule has 1 unspecified atom stereocenters. The average Bonchev–Trinajstić information content (AvgIpc) is 2.58. The Morgan fingerprint density at radius 3 is 2.43 bits per heavy atom. The minimum Gasteiger partial charge on any atom is -0.483 e. The van der Waals surface area contributed by atoms with E-state index >= 15 is 0 Å². The fourth-order valence-corrected chi connectivity index (χ4v) is 2.17. The molecule has 2 rings (SSSR count). The summed E-state index contributed by atoms with van der Waals surface area (Å²) in [6.07, 6.45) is 0. The maximum atomic E-state index is 12.3. The van der Waals surface area contributed by atoms with Gasteiger partial charge in [0.2, 0.25) is 0 Å². The number of ether oxygens (including phenoxy) is 1. The van der Waals surface area contributed by atoms with Gasteiger partial charge in [-0.15, -0.1) is 0 Å². The van der Waals surface area contributed by atoms with Gasteiger partial charge in [-0.05, 0) is 23.6 Å². The molecule has 2 aromatic rings. The van der Waals surface area contributed by atoms with E-state index in [4.69, 9.17) is 10.5 Å². The number of nitrogens with one attached hydrogen (secondary N) is 1. The second kappa shape index (κ2) is 7.98. The Labute approximate surface area is 135 Å². The average molecular weight is 312 g/mol. The zero-order chi connectivity index (χ0) is 16.7. The Hall–Kier alpha value is -2.82. The summed E-state index contributed by atoms with van der Waals surface area (Å²) >= 11 is 0. The van der Waals surface area contributed by atoms with Gasteiger partial charge in [-0.2, -0.15) is 0 Å². The van der Waals surface area contributed by atoms with Crippen molar-refractivity contribution in [1.82, 2.24) is 5.32 Å². The number of rotatable bonds is 7. The number of hydrogen-bond donors (Lipinski definition) is 2. The molecule has 0 aliphatic carbocycles. The third kappa shape index (κ3) is 4.85. The fourth-order valence-electron chi connectivity index (χ4n) is 2.17. The second-order valence-electron chi connectivity index (χ2n) is 5.27. The van der Waals surface area contributed by atoms with E-state index in [2.05, 4.69) is 5.32 Å². The Morgan fingerprint density at radius 2 is 1.74 bits per heavy atom. The van der Waals surface area contributed by atoms with E-state index < -0.39 is 5.91 Å². The maximum Gasteiger partial charge on any atom is 0.255 e. The van der Waals surface area contributed by atoms with Crippen molar-refractivity contribution in [2.75, 3.05) is 13.2 Å². The van der Waals surface area contributed by atoms with Crippen LogP contribution in [0, 0.1) is 0 Å². The molecule has 23 heavy (non-hydrogen) atoms. The van der Waals surface area contributed by atoms with E-state index in [-0.39, 0.29) is 18.4 Å². The third-order valence-corrected chi connectivity index (χ3v) is 3.44. The van der Waals surface area contributed by atoms with Crippen LogP contribution in [0.15, 0.2) is 54.6 Å². The van der Waals surface area contributed by atoms with Crippen LogP contribution >= 0.6 is 0 Å². The molecule has 0 saturated carbocycles. The number of carbonyl (C=O) groups is 2. The highest BCUT2D eigenvalue weighted by atomic mass is 16.5. The lowest BCUT2D eigenvalue weighted by molar-refractivity contribution is -0.119. The van der Waals surface area contributed by atoms with Gasteiger partial charge in [0.1, 0.15) is 5.75 Å². The van der Waals surface area contributed by atoms with Gasteiger partial charge in [0, 0.05) is 6.54 Å². The molecule has 120 valence electrons. The lowest BCUT2D eigenvalue weighted by Gasteiger charge is -2.14. The highest BCUT2D eigenvalue weighted by Gasteiger charge is 2.14. The van der Waals surface area contributed by atoms with Crippen molar-refractivity contribution >= 4 is 11.8 Å². The van der Waals surface area contributed by atoms with E-state index in [0.29, 0.717) is 17.9 Å². The Kier molecular flexibility index (Phi) is 5.74. The number of carbonyl (C=O) groups excluding carboxylic acids is 2. The number of benzene rings is 2. The van der Waals surface area contributed by atoms with E-state index in [0.717, 1.165) is 5.56 Å². The summed E-state index contributed by atoms with van der Waals surface area (Å²) < 4.78 is 5.28. The van der Waals surface area contributed by atoms with Crippen molar-refractivity contribution in [1.29, 1.82) is 0 Å². The summed E-state index contributed by atoms with van der Waals surface area (Å²) in [5.41, 5.74) is 6.61. The van der Waals surface area contributed by atoms with E-state index in [1.54, 1.807) is 24.3 Å². The molecule has 0 saturated heterocycles. The second-order valence-corrected chi connectivity index (χ2v) is 5.27. The lowest BCUT2D eigenvalue weighted by atomic mass is 10.0. The summed E-state index contributed by atoms with van der Waals surface area (Å²) in [7, 11) is 0. The molecule has 0 aliphatic heterocycles. The largest absolute Gasteiger partial charge is 0.483 e. The Bertz CT molecular complexity index is 671. The van der Waals surface area contributed by atoms with Crippen LogP contribution < -0.4 is 15.8 Å². The van der Waals surface area contributed by atoms with Crippen LogP contribution in [-0.4, -0.2) is 25.0 Å². The first-order valence-corrected chi connectivity index (χ1v) is 7.41. The molecule has 2 aromatic carbocycles. The molecular formula is C18H20N2O3. The number of nitrogens with two attached hydrogens (primary N) is 1. The van der Waals surface area contributed by atoms with Crippen LogP contribution in [0.3, 0.4) is 0 Å². The van der Waals surface area contributed by atoms with Crippen molar-refractivity contribution in [2.24, 2.45) is 5.73 Å². The van der Waals surface area contributed by atoms with Gasteiger partial charge in [0.05, 0.1) is 5.56 Å². The summed E-state index contributed by atoms with van der Waals surface area (Å²) in [4.78, 5) is 23.2. The number of para-hydroxylation sites is 1. The predicted molar refractivity (Wildman–Crippen MR) is 88.3 cm³/mol. The van der Waals surface area contributed by atoms with Gasteiger partial charge in [-0.1, -0.05) is 49.4 Å². The quantitative estimate of drug-likeness (QED) is 0.821. The van der Waals surface area contributed by atoms with Gasteiger partial charge in [-0.25, -0.2) is 0 Å². The predicted octanol–water partition coefficient (Wildman–Crippen LogP) is 2.08. The minimum absolute atomic E-state index is 0.193. The summed E-state index contributed by atoms with van der Waals surface area (Å²) in [6.45, 7) is 2.29. The third-order valence-electron chi connectivity index (χ3n) is 3.44. The van der Waals surface area contributed by atoms with Crippen molar-refractivity contribution < 1.29 is 14.3 Å². The first kappa shape index (κ1) is 16.5. The molecule has 0 bridgehead atoms. The molecule has 2 amide bonds. The van der Waals surface area contributed by atoms with Crippen molar-refractivity contribution in [3.63, 3.8) is 0 Å². The summed E-state index contributed by atoms with van der Waals surface area (Å²) in [5.74, 6) is -0.291. The zero-order valence-corrected chi connectivity index (χ0v) is 13.0. The summed E-state index contributed by atoms with van der Waals surface area (Å²) in [5, 5.41) is 2.89. The van der Waals surface area contributed by atoms with Gasteiger partial charge in [0.25, 0.3) is 11.8 Å². The van der Waals surface area contributed by atoms with Crippen LogP contribution in [0.2, 0.25) is 0 Å². The topological polar surface area (TPSA) is 81.4 Å². The molecule has 5 nitrogen and oxygen atoms in total. The SMILES string of the molecule is CC(CNC(=O)c1ccccc1OCC(N)=O)c1ccccc1. The van der Waals surface area contributed by atoms with E-state index in [9.17, 15) is 9.59 Å². The van der Waals surface area contributed by atoms with Crippen LogP contribution in [0.25, 0.3) is 0 Å². The van der Waals surface area contributed by atoms with Crippen molar-refractivity contribution in [2.45, 2.75) is 12.8 Å². The standard InChI is InChI=1S/C18H20N2O3/c1-13(14-7-3-2-4-8-14)11-20-18(22)15-9-5-6-10-16(15)23-12-17(19)21/h2-10,13H,11-12H2,1H3,(H2,19,21)(H,20,22). The molecule has 1 atom stereocenters. The molecule has 0 radical (unpaired) electrons. The van der Waals surface area contributed by atoms with Crippen LogP contribution in [-0.2, 0) is 4.79 Å². The molecule has 0 aliphatic rings. The van der Waals surface area contributed by atoms with Gasteiger partial charge in [0.15, 0.2) is 6.61 Å². The minimum atomic E-state index is -0.585. The monoisotopic (exact) mass is 312 g/mol. The Morgan fingerprint density at radius 1 is 1.09 bits per heavy atom. The van der Waals surface area contributed by atoms with Crippen LogP contribution in [0.4, 0.5) is 0 Å². The van der Waals surface area contributed by atoms with Gasteiger partial charge >= 0.3 is 0 Å². The van der Waals surface area contributed by atoms with Crippen molar-refractivity contribution in [3.05, 3.63) is 65.7 Å². The summed E-state index contributed by atoms with van der Waals surface area (Å²) in [6, 6.07) is 16.7. The molecule has 0 fully saturated rings. The first-order valence-electron chi connectivity index (χ1n) is 7.41. The molecule has 3 N–H and O–H groups in total. The lowest BCUT2D eigenvalue weighted by Crippen LogP contribution is -2.28. The number of hydrogen-bond acceptors (Lipinski definition) is 3. The highest BCUT2D eigenvalue weighted by molar-refractivity contribution is 5.97. The fraction of sp³-hybridized carbons (Fsp3) is 0.222. The van der Waals surface area contributed by atoms with Gasteiger partial charge in [-0.3, -0.25) is 9.59 Å². The Balaban J connectivity index is 1.99. The van der Waals surface area contributed by atoms with Crippen molar-refractivity contribution in [3.8, 4) is 5.75 Å². The van der Waals surface area contributed by atoms with E-state index in [1.165, 1.54) is 0 Å². The van der Waals surface area contributed by atoms with Crippen LogP contribution in [0.1, 0.15) is 28.8 Å². The smallest absolute Gasteiger partial charge is 0.255 e. The molecular weight excluding hydrogens is 292 g/mol. The highest BCUT2D eigenvalue weighted by Crippen LogP contribution is 2.18. The van der Waals surface area contributed by atoms with Gasteiger partial charge < -0.3 is 15.8 Å². The van der Waals surface area contributed by atoms with Crippen LogP contribution in [0.5, 0.6) is 5.75 Å². The normalized spacial score (nSPS) is 11.5. The van der Waals surface area contributed by atoms with E-state index in [1.807, 2.05) is 37.3 Å². The molecule has 0 heterocycles. The zero-order valence-electron chi connectivity index (χ0n) is 13.0.